The number of halogens is 1. The first-order valence-corrected chi connectivity index (χ1v) is 8.76. The minimum absolute atomic E-state index is 0. The molecular weight excluding hydrogens is 324 g/mol. The van der Waals surface area contributed by atoms with Crippen molar-refractivity contribution < 1.29 is 9.53 Å². The molecule has 1 aliphatic carbocycles. The van der Waals surface area contributed by atoms with Gasteiger partial charge in [0, 0.05) is 17.6 Å². The van der Waals surface area contributed by atoms with Gasteiger partial charge in [-0.15, -0.1) is 12.4 Å². The number of benzene rings is 1. The quantitative estimate of drug-likeness (QED) is 0.807. The van der Waals surface area contributed by atoms with Crippen molar-refractivity contribution in [2.75, 3.05) is 27.2 Å². The number of nitrogens with one attached hydrogen (secondary N) is 1. The first-order chi connectivity index (χ1) is 11.1. The number of carbonyl (C=O) groups excluding carboxylic acids is 1. The summed E-state index contributed by atoms with van der Waals surface area (Å²) in [5, 5.41) is 3.14. The third-order valence-electron chi connectivity index (χ3n) is 4.88. The normalized spacial score (nSPS) is 16.3. The molecule has 1 fully saturated rings. The van der Waals surface area contributed by atoms with E-state index in [1.807, 2.05) is 24.3 Å². The molecule has 1 N–H and O–H groups in total. The van der Waals surface area contributed by atoms with E-state index in [2.05, 4.69) is 31.2 Å². The minimum Gasteiger partial charge on any atom is -0.494 e. The van der Waals surface area contributed by atoms with Crippen molar-refractivity contribution in [1.82, 2.24) is 10.2 Å². The fourth-order valence-corrected chi connectivity index (χ4v) is 3.29. The fraction of sp³-hybridized carbons (Fsp3) is 0.632. The first kappa shape index (κ1) is 20.8. The molecule has 1 saturated carbocycles. The van der Waals surface area contributed by atoms with Crippen molar-refractivity contribution >= 4 is 18.3 Å². The van der Waals surface area contributed by atoms with Crippen LogP contribution in [0, 0.1) is 0 Å². The lowest BCUT2D eigenvalue weighted by molar-refractivity contribution is 0.0799. The van der Waals surface area contributed by atoms with Gasteiger partial charge in [0.15, 0.2) is 0 Å². The molecule has 1 aromatic carbocycles. The van der Waals surface area contributed by atoms with E-state index in [0.717, 1.165) is 25.0 Å². The summed E-state index contributed by atoms with van der Waals surface area (Å²) in [5.41, 5.74) is 0.771. The van der Waals surface area contributed by atoms with E-state index in [0.29, 0.717) is 18.7 Å². The smallest absolute Gasteiger partial charge is 0.251 e. The van der Waals surface area contributed by atoms with Gasteiger partial charge in [-0.1, -0.05) is 32.3 Å². The second kappa shape index (κ2) is 9.90. The number of likely N-dealkylation sites (N-methyl/N-ethyl adjacent to an activating group) is 1. The molecule has 136 valence electrons. The number of amides is 1. The van der Waals surface area contributed by atoms with Gasteiger partial charge in [-0.3, -0.25) is 4.79 Å². The van der Waals surface area contributed by atoms with Gasteiger partial charge in [-0.2, -0.15) is 0 Å². The molecule has 0 unspecified atom stereocenters. The Kier molecular flexibility index (Phi) is 8.57. The van der Waals surface area contributed by atoms with Crippen LogP contribution in [0.5, 0.6) is 5.75 Å². The van der Waals surface area contributed by atoms with Crippen LogP contribution in [0.1, 0.15) is 55.8 Å². The third-order valence-corrected chi connectivity index (χ3v) is 4.88. The van der Waals surface area contributed by atoms with Gasteiger partial charge in [0.05, 0.1) is 6.61 Å². The largest absolute Gasteiger partial charge is 0.494 e. The maximum Gasteiger partial charge on any atom is 0.251 e. The summed E-state index contributed by atoms with van der Waals surface area (Å²) in [6.07, 6.45) is 7.06. The fourth-order valence-electron chi connectivity index (χ4n) is 3.29. The van der Waals surface area contributed by atoms with Crippen LogP contribution in [0.3, 0.4) is 0 Å². The minimum atomic E-state index is -0.0150. The predicted molar refractivity (Wildman–Crippen MR) is 101 cm³/mol. The lowest BCUT2D eigenvalue weighted by atomic mass is 9.80. The number of carbonyl (C=O) groups is 1. The summed E-state index contributed by atoms with van der Waals surface area (Å²) in [7, 11) is 4.24. The maximum atomic E-state index is 12.5. The van der Waals surface area contributed by atoms with E-state index in [4.69, 9.17) is 4.74 Å². The monoisotopic (exact) mass is 354 g/mol. The van der Waals surface area contributed by atoms with E-state index >= 15 is 0 Å². The third kappa shape index (κ3) is 5.38. The van der Waals surface area contributed by atoms with Crippen molar-refractivity contribution in [2.24, 2.45) is 0 Å². The summed E-state index contributed by atoms with van der Waals surface area (Å²) < 4.78 is 5.61. The summed E-state index contributed by atoms with van der Waals surface area (Å²) in [5.74, 6) is 0.748. The van der Waals surface area contributed by atoms with Crippen molar-refractivity contribution in [2.45, 2.75) is 51.0 Å². The lowest BCUT2D eigenvalue weighted by Gasteiger charge is -2.43. The Balaban J connectivity index is 0.00000288. The van der Waals surface area contributed by atoms with Crippen molar-refractivity contribution in [1.29, 1.82) is 0 Å². The molecule has 0 bridgehead atoms. The van der Waals surface area contributed by atoms with E-state index in [9.17, 15) is 4.79 Å². The van der Waals surface area contributed by atoms with E-state index in [1.54, 1.807) is 0 Å². The van der Waals surface area contributed by atoms with Crippen LogP contribution in [0.4, 0.5) is 0 Å². The Hall–Kier alpha value is -1.26. The van der Waals surface area contributed by atoms with E-state index in [1.165, 1.54) is 19.3 Å². The zero-order valence-electron chi connectivity index (χ0n) is 15.1. The van der Waals surface area contributed by atoms with Crippen LogP contribution < -0.4 is 10.1 Å². The van der Waals surface area contributed by atoms with Gasteiger partial charge in [-0.25, -0.2) is 0 Å². The van der Waals surface area contributed by atoms with Crippen LogP contribution in [0.2, 0.25) is 0 Å². The summed E-state index contributed by atoms with van der Waals surface area (Å²) in [4.78, 5) is 14.8. The molecule has 0 atom stereocenters. The number of rotatable bonds is 7. The van der Waals surface area contributed by atoms with E-state index in [-0.39, 0.29) is 23.9 Å². The molecule has 1 aromatic rings. The Morgan fingerprint density at radius 3 is 2.58 bits per heavy atom. The van der Waals surface area contributed by atoms with Crippen molar-refractivity contribution in [3.63, 3.8) is 0 Å². The molecule has 0 heterocycles. The van der Waals surface area contributed by atoms with Crippen LogP contribution in [0.15, 0.2) is 24.3 Å². The van der Waals surface area contributed by atoms with E-state index < -0.39 is 0 Å². The average molecular weight is 355 g/mol. The number of ether oxygens (including phenoxy) is 1. The number of hydrogen-bond acceptors (Lipinski definition) is 3. The predicted octanol–water partition coefficient (Wildman–Crippen LogP) is 3.89. The topological polar surface area (TPSA) is 41.6 Å². The molecule has 2 rings (SSSR count). The van der Waals surface area contributed by atoms with Crippen LogP contribution in [-0.4, -0.2) is 43.6 Å². The molecule has 1 amide bonds. The molecule has 1 aliphatic rings. The van der Waals surface area contributed by atoms with Crippen molar-refractivity contribution in [3.8, 4) is 5.75 Å². The molecule has 0 saturated heterocycles. The summed E-state index contributed by atoms with van der Waals surface area (Å²) in [6.45, 7) is 3.45. The van der Waals surface area contributed by atoms with Crippen LogP contribution >= 0.6 is 12.4 Å². The Morgan fingerprint density at radius 1 is 1.25 bits per heavy atom. The highest BCUT2D eigenvalue weighted by molar-refractivity contribution is 5.94. The molecular formula is C19H31ClN2O2. The number of hydrogen-bond donors (Lipinski definition) is 1. The molecule has 0 spiro atoms. The molecule has 0 aliphatic heterocycles. The molecule has 24 heavy (non-hydrogen) atoms. The lowest BCUT2D eigenvalue weighted by Crippen LogP contribution is -2.53. The standard InChI is InChI=1S/C19H30N2O2.ClH/c1-4-13-23-17-10-8-9-16(14-17)18(22)20-15-19(21(2)3)11-6-5-7-12-19;/h8-10,14H,4-7,11-13,15H2,1-3H3,(H,20,22);1H. The van der Waals surface area contributed by atoms with Gasteiger partial charge < -0.3 is 15.0 Å². The van der Waals surface area contributed by atoms with Crippen LogP contribution in [0.25, 0.3) is 0 Å². The highest BCUT2D eigenvalue weighted by atomic mass is 35.5. The van der Waals surface area contributed by atoms with Crippen molar-refractivity contribution in [3.05, 3.63) is 29.8 Å². The highest BCUT2D eigenvalue weighted by Crippen LogP contribution is 2.31. The average Bonchev–Trinajstić information content (AvgIpc) is 2.58. The van der Waals surface area contributed by atoms with Gasteiger partial charge in [0.25, 0.3) is 5.91 Å². The highest BCUT2D eigenvalue weighted by Gasteiger charge is 2.34. The molecule has 0 radical (unpaired) electrons. The summed E-state index contributed by atoms with van der Waals surface area (Å²) >= 11 is 0. The Bertz CT molecular complexity index is 514. The second-order valence-corrected chi connectivity index (χ2v) is 6.74. The first-order valence-electron chi connectivity index (χ1n) is 8.76. The van der Waals surface area contributed by atoms with Crippen LogP contribution in [-0.2, 0) is 0 Å². The number of nitrogens with zero attached hydrogens (tertiary/aromatic N) is 1. The maximum absolute atomic E-state index is 12.5. The molecule has 0 aromatic heterocycles. The molecule has 5 heteroatoms. The van der Waals surface area contributed by atoms with Gasteiger partial charge in [0.1, 0.15) is 5.75 Å². The zero-order chi connectivity index (χ0) is 16.7. The summed E-state index contributed by atoms with van der Waals surface area (Å²) in [6, 6.07) is 7.45. The van der Waals surface area contributed by atoms with Gasteiger partial charge in [0.2, 0.25) is 0 Å². The molecule has 4 nitrogen and oxygen atoms in total. The van der Waals surface area contributed by atoms with Gasteiger partial charge >= 0.3 is 0 Å². The Morgan fingerprint density at radius 2 is 1.96 bits per heavy atom. The second-order valence-electron chi connectivity index (χ2n) is 6.74. The Labute approximate surface area is 152 Å². The zero-order valence-corrected chi connectivity index (χ0v) is 16.0. The van der Waals surface area contributed by atoms with Gasteiger partial charge in [-0.05, 0) is 51.6 Å². The SMILES string of the molecule is CCCOc1cccc(C(=O)NCC2(N(C)C)CCCCC2)c1.Cl.